The van der Waals surface area contributed by atoms with Gasteiger partial charge >= 0.3 is 0 Å². The summed E-state index contributed by atoms with van der Waals surface area (Å²) in [7, 11) is 0. The summed E-state index contributed by atoms with van der Waals surface area (Å²) in [6, 6.07) is 6.07. The second kappa shape index (κ2) is 4.88. The molecule has 82 valence electrons. The first kappa shape index (κ1) is 10.8. The predicted octanol–water partition coefficient (Wildman–Crippen LogP) is 0.963. The number of hydrogen-bond donors (Lipinski definition) is 3. The van der Waals surface area contributed by atoms with Crippen molar-refractivity contribution in [2.75, 3.05) is 31.9 Å². The molecule has 0 bridgehead atoms. The minimum Gasteiger partial charge on any atom is -0.398 e. The third-order valence-corrected chi connectivity index (χ3v) is 3.10. The fraction of sp³-hybridized carbons (Fsp3) is 0.455. The van der Waals surface area contributed by atoms with Crippen LogP contribution in [0.4, 0.5) is 5.69 Å². The Hall–Kier alpha value is -0.710. The normalized spacial score (nSPS) is 17.9. The molecule has 0 saturated carbocycles. The molecule has 0 aromatic heterocycles. The first-order valence-electron chi connectivity index (χ1n) is 5.26. The van der Waals surface area contributed by atoms with E-state index >= 15 is 0 Å². The number of nitrogens with one attached hydrogen (secondary N) is 1. The number of nitrogen functional groups attached to an aromatic ring is 1. The molecule has 4 heteroatoms. The summed E-state index contributed by atoms with van der Waals surface area (Å²) in [5, 5.41) is 3.34. The van der Waals surface area contributed by atoms with Crippen LogP contribution in [0.2, 0.25) is 0 Å². The number of thiol groups is 1. The van der Waals surface area contributed by atoms with Gasteiger partial charge in [0.2, 0.25) is 0 Å². The highest BCUT2D eigenvalue weighted by molar-refractivity contribution is 7.80. The van der Waals surface area contributed by atoms with Crippen molar-refractivity contribution in [3.63, 3.8) is 0 Å². The molecule has 3 nitrogen and oxygen atoms in total. The predicted molar refractivity (Wildman–Crippen MR) is 66.3 cm³/mol. The zero-order valence-corrected chi connectivity index (χ0v) is 9.63. The lowest BCUT2D eigenvalue weighted by molar-refractivity contribution is 0.233. The second-order valence-electron chi connectivity index (χ2n) is 3.92. The summed E-state index contributed by atoms with van der Waals surface area (Å²) < 4.78 is 0. The zero-order valence-electron chi connectivity index (χ0n) is 8.74. The molecule has 0 radical (unpaired) electrons. The van der Waals surface area contributed by atoms with Gasteiger partial charge in [-0.1, -0.05) is 6.07 Å². The van der Waals surface area contributed by atoms with Crippen LogP contribution < -0.4 is 11.1 Å². The fourth-order valence-electron chi connectivity index (χ4n) is 1.82. The molecule has 0 aliphatic carbocycles. The van der Waals surface area contributed by atoms with Gasteiger partial charge in [-0.15, -0.1) is 12.6 Å². The number of hydrogen-bond acceptors (Lipinski definition) is 4. The summed E-state index contributed by atoms with van der Waals surface area (Å²) >= 11 is 4.33. The van der Waals surface area contributed by atoms with Crippen molar-refractivity contribution < 1.29 is 0 Å². The third kappa shape index (κ3) is 2.87. The molecule has 0 spiro atoms. The van der Waals surface area contributed by atoms with Crippen molar-refractivity contribution >= 4 is 18.3 Å². The lowest BCUT2D eigenvalue weighted by Crippen LogP contribution is -2.42. The second-order valence-corrected chi connectivity index (χ2v) is 4.40. The Morgan fingerprint density at radius 1 is 1.33 bits per heavy atom. The molecular weight excluding hydrogens is 206 g/mol. The van der Waals surface area contributed by atoms with Crippen molar-refractivity contribution in [1.29, 1.82) is 0 Å². The minimum atomic E-state index is 0.752. The molecule has 1 saturated heterocycles. The number of benzene rings is 1. The average Bonchev–Trinajstić information content (AvgIpc) is 2.25. The van der Waals surface area contributed by atoms with Gasteiger partial charge in [-0.05, 0) is 17.7 Å². The standard InChI is InChI=1S/C11H17N3S/c12-10-2-1-9(7-11(10)15)8-14-5-3-13-4-6-14/h1-2,7,13,15H,3-6,8,12H2. The molecule has 2 rings (SSSR count). The molecule has 3 N–H and O–H groups in total. The summed E-state index contributed by atoms with van der Waals surface area (Å²) in [6.45, 7) is 5.40. The van der Waals surface area contributed by atoms with Gasteiger partial charge in [0, 0.05) is 43.3 Å². The maximum Gasteiger partial charge on any atom is 0.0449 e. The quantitative estimate of drug-likeness (QED) is 0.517. The SMILES string of the molecule is Nc1ccc(CN2CCNCC2)cc1S. The minimum absolute atomic E-state index is 0.752. The molecule has 1 aromatic carbocycles. The molecule has 1 fully saturated rings. The zero-order chi connectivity index (χ0) is 10.7. The van der Waals surface area contributed by atoms with E-state index in [2.05, 4.69) is 35.0 Å². The van der Waals surface area contributed by atoms with Gasteiger partial charge in [-0.3, -0.25) is 4.90 Å². The molecule has 1 aromatic rings. The number of nitrogens with zero attached hydrogens (tertiary/aromatic N) is 1. The van der Waals surface area contributed by atoms with E-state index in [9.17, 15) is 0 Å². The Kier molecular flexibility index (Phi) is 3.51. The summed E-state index contributed by atoms with van der Waals surface area (Å²) in [4.78, 5) is 3.32. The van der Waals surface area contributed by atoms with Crippen molar-refractivity contribution in [3.8, 4) is 0 Å². The van der Waals surface area contributed by atoms with E-state index in [0.717, 1.165) is 43.3 Å². The topological polar surface area (TPSA) is 41.3 Å². The van der Waals surface area contributed by atoms with Crippen molar-refractivity contribution in [3.05, 3.63) is 23.8 Å². The summed E-state index contributed by atoms with van der Waals surface area (Å²) in [5.41, 5.74) is 7.76. The smallest absolute Gasteiger partial charge is 0.0449 e. The Balaban J connectivity index is 2.00. The highest BCUT2D eigenvalue weighted by atomic mass is 32.1. The first-order valence-corrected chi connectivity index (χ1v) is 5.71. The van der Waals surface area contributed by atoms with E-state index < -0.39 is 0 Å². The van der Waals surface area contributed by atoms with Gasteiger partial charge in [0.05, 0.1) is 0 Å². The van der Waals surface area contributed by atoms with Gasteiger partial charge < -0.3 is 11.1 Å². The number of anilines is 1. The van der Waals surface area contributed by atoms with E-state index in [4.69, 9.17) is 5.73 Å². The maximum atomic E-state index is 5.72. The van der Waals surface area contributed by atoms with E-state index in [1.165, 1.54) is 5.56 Å². The van der Waals surface area contributed by atoms with Crippen LogP contribution in [0, 0.1) is 0 Å². The van der Waals surface area contributed by atoms with Gasteiger partial charge in [0.15, 0.2) is 0 Å². The van der Waals surface area contributed by atoms with Crippen molar-refractivity contribution in [1.82, 2.24) is 10.2 Å². The summed E-state index contributed by atoms with van der Waals surface area (Å²) in [5.74, 6) is 0. The van der Waals surface area contributed by atoms with E-state index in [1.807, 2.05) is 6.07 Å². The molecule has 15 heavy (non-hydrogen) atoms. The summed E-state index contributed by atoms with van der Waals surface area (Å²) in [6.07, 6.45) is 0. The molecule has 0 atom stereocenters. The number of piperazine rings is 1. The van der Waals surface area contributed by atoms with Crippen LogP contribution >= 0.6 is 12.6 Å². The molecule has 1 heterocycles. The lowest BCUT2D eigenvalue weighted by Gasteiger charge is -2.27. The van der Waals surface area contributed by atoms with Crippen LogP contribution in [0.15, 0.2) is 23.1 Å². The van der Waals surface area contributed by atoms with Crippen LogP contribution in [-0.2, 0) is 6.54 Å². The lowest BCUT2D eigenvalue weighted by atomic mass is 10.2. The monoisotopic (exact) mass is 223 g/mol. The molecule has 1 aliphatic heterocycles. The van der Waals surface area contributed by atoms with Crippen LogP contribution in [-0.4, -0.2) is 31.1 Å². The van der Waals surface area contributed by atoms with E-state index in [1.54, 1.807) is 0 Å². The van der Waals surface area contributed by atoms with Gasteiger partial charge in [0.25, 0.3) is 0 Å². The molecule has 0 unspecified atom stereocenters. The van der Waals surface area contributed by atoms with Gasteiger partial charge in [-0.25, -0.2) is 0 Å². The Morgan fingerprint density at radius 3 is 2.73 bits per heavy atom. The number of rotatable bonds is 2. The largest absolute Gasteiger partial charge is 0.398 e. The van der Waals surface area contributed by atoms with E-state index in [0.29, 0.717) is 0 Å². The molecular formula is C11H17N3S. The van der Waals surface area contributed by atoms with Crippen molar-refractivity contribution in [2.24, 2.45) is 0 Å². The Bertz CT molecular complexity index is 335. The third-order valence-electron chi connectivity index (χ3n) is 2.71. The van der Waals surface area contributed by atoms with E-state index in [-0.39, 0.29) is 0 Å². The Labute approximate surface area is 96.1 Å². The average molecular weight is 223 g/mol. The maximum absolute atomic E-state index is 5.72. The van der Waals surface area contributed by atoms with Crippen LogP contribution in [0.3, 0.4) is 0 Å². The van der Waals surface area contributed by atoms with Crippen LogP contribution in [0.25, 0.3) is 0 Å². The van der Waals surface area contributed by atoms with Gasteiger partial charge in [-0.2, -0.15) is 0 Å². The first-order chi connectivity index (χ1) is 7.25. The molecule has 0 amide bonds. The highest BCUT2D eigenvalue weighted by Crippen LogP contribution is 2.18. The van der Waals surface area contributed by atoms with Gasteiger partial charge in [0.1, 0.15) is 0 Å². The number of nitrogens with two attached hydrogens (primary N) is 1. The fourth-order valence-corrected chi connectivity index (χ4v) is 2.06. The molecule has 1 aliphatic rings. The highest BCUT2D eigenvalue weighted by Gasteiger charge is 2.09. The Morgan fingerprint density at radius 2 is 2.07 bits per heavy atom. The van der Waals surface area contributed by atoms with Crippen LogP contribution in [0.1, 0.15) is 5.56 Å². The van der Waals surface area contributed by atoms with Crippen LogP contribution in [0.5, 0.6) is 0 Å². The van der Waals surface area contributed by atoms with Crippen molar-refractivity contribution in [2.45, 2.75) is 11.4 Å².